The number of halogens is 1. The molecule has 0 amide bonds. The summed E-state index contributed by atoms with van der Waals surface area (Å²) < 4.78 is 12.8. The van der Waals surface area contributed by atoms with Crippen LogP contribution in [-0.4, -0.2) is 47.6 Å². The van der Waals surface area contributed by atoms with E-state index >= 15 is 0 Å². The van der Waals surface area contributed by atoms with Gasteiger partial charge in [0, 0.05) is 39.3 Å². The minimum atomic E-state index is -0.176. The fraction of sp³-hybridized carbons (Fsp3) is 0.500. The summed E-state index contributed by atoms with van der Waals surface area (Å²) in [7, 11) is 0. The van der Waals surface area contributed by atoms with Crippen LogP contribution in [0.25, 0.3) is 0 Å². The minimum absolute atomic E-state index is 0.176. The Morgan fingerprint density at radius 1 is 1.21 bits per heavy atom. The van der Waals surface area contributed by atoms with Gasteiger partial charge in [0.2, 0.25) is 0 Å². The van der Waals surface area contributed by atoms with Crippen molar-refractivity contribution in [3.8, 4) is 0 Å². The molecule has 0 atom stereocenters. The molecule has 2 rings (SSSR count). The number of nitrogens with one attached hydrogen (secondary N) is 1. The summed E-state index contributed by atoms with van der Waals surface area (Å²) >= 11 is 5.31. The van der Waals surface area contributed by atoms with Crippen LogP contribution < -0.4 is 5.32 Å². The lowest BCUT2D eigenvalue weighted by atomic mass is 10.2. The molecule has 0 saturated carbocycles. The Morgan fingerprint density at radius 2 is 1.84 bits per heavy atom. The Balaban J connectivity index is 1.80. The molecule has 3 nitrogen and oxygen atoms in total. The average Bonchev–Trinajstić information content (AvgIpc) is 2.42. The van der Waals surface area contributed by atoms with E-state index in [1.807, 2.05) is 12.1 Å². The van der Waals surface area contributed by atoms with E-state index in [1.165, 1.54) is 12.1 Å². The van der Waals surface area contributed by atoms with E-state index in [0.717, 1.165) is 49.9 Å². The Bertz CT molecular complexity index is 413. The molecule has 0 spiro atoms. The lowest BCUT2D eigenvalue weighted by molar-refractivity contribution is 0.174. The van der Waals surface area contributed by atoms with Crippen LogP contribution in [0, 0.1) is 5.82 Å². The summed E-state index contributed by atoms with van der Waals surface area (Å²) in [6.45, 7) is 7.68. The maximum atomic E-state index is 12.8. The van der Waals surface area contributed by atoms with Crippen molar-refractivity contribution < 1.29 is 4.39 Å². The standard InChI is InChI=1S/C14H20FN3S/c1-2-16-14(19)18-9-7-17(8-10-18)11-12-3-5-13(15)6-4-12/h3-6H,2,7-11H2,1H3,(H,16,19). The molecule has 0 aliphatic carbocycles. The molecular formula is C14H20FN3S. The molecule has 1 aliphatic heterocycles. The fourth-order valence-electron chi connectivity index (χ4n) is 2.22. The van der Waals surface area contributed by atoms with Crippen LogP contribution in [0.15, 0.2) is 24.3 Å². The van der Waals surface area contributed by atoms with Crippen LogP contribution in [0.5, 0.6) is 0 Å². The first-order valence-electron chi connectivity index (χ1n) is 6.68. The predicted molar refractivity (Wildman–Crippen MR) is 79.5 cm³/mol. The van der Waals surface area contributed by atoms with Crippen molar-refractivity contribution in [2.45, 2.75) is 13.5 Å². The van der Waals surface area contributed by atoms with Gasteiger partial charge in [-0.15, -0.1) is 0 Å². The highest BCUT2D eigenvalue weighted by atomic mass is 32.1. The molecule has 1 saturated heterocycles. The van der Waals surface area contributed by atoms with E-state index < -0.39 is 0 Å². The van der Waals surface area contributed by atoms with E-state index in [0.29, 0.717) is 0 Å². The zero-order chi connectivity index (χ0) is 13.7. The summed E-state index contributed by atoms with van der Waals surface area (Å²) in [4.78, 5) is 4.58. The van der Waals surface area contributed by atoms with Gasteiger partial charge in [-0.25, -0.2) is 4.39 Å². The van der Waals surface area contributed by atoms with Gasteiger partial charge >= 0.3 is 0 Å². The first-order valence-corrected chi connectivity index (χ1v) is 7.09. The average molecular weight is 281 g/mol. The molecule has 0 aromatic heterocycles. The van der Waals surface area contributed by atoms with Crippen LogP contribution in [0.3, 0.4) is 0 Å². The molecule has 1 aromatic rings. The number of hydrogen-bond donors (Lipinski definition) is 1. The summed E-state index contributed by atoms with van der Waals surface area (Å²) in [6, 6.07) is 6.74. The van der Waals surface area contributed by atoms with Crippen molar-refractivity contribution in [3.63, 3.8) is 0 Å². The maximum absolute atomic E-state index is 12.8. The van der Waals surface area contributed by atoms with Gasteiger partial charge in [0.25, 0.3) is 0 Å². The third-order valence-electron chi connectivity index (χ3n) is 3.31. The molecule has 1 fully saturated rings. The number of piperazine rings is 1. The van der Waals surface area contributed by atoms with Gasteiger partial charge in [0.05, 0.1) is 0 Å². The Kier molecular flexibility index (Phi) is 5.10. The third-order valence-corrected chi connectivity index (χ3v) is 3.71. The summed E-state index contributed by atoms with van der Waals surface area (Å²) in [6.07, 6.45) is 0. The SMILES string of the molecule is CCNC(=S)N1CCN(Cc2ccc(F)cc2)CC1. The monoisotopic (exact) mass is 281 g/mol. The van der Waals surface area contributed by atoms with Crippen molar-refractivity contribution in [3.05, 3.63) is 35.6 Å². The smallest absolute Gasteiger partial charge is 0.169 e. The van der Waals surface area contributed by atoms with Gasteiger partial charge in [-0.05, 0) is 36.8 Å². The summed E-state index contributed by atoms with van der Waals surface area (Å²) in [5.74, 6) is -0.176. The van der Waals surface area contributed by atoms with E-state index in [-0.39, 0.29) is 5.82 Å². The lowest BCUT2D eigenvalue weighted by Crippen LogP contribution is -2.51. The fourth-order valence-corrected chi connectivity index (χ4v) is 2.55. The molecule has 0 bridgehead atoms. The van der Waals surface area contributed by atoms with Crippen molar-refractivity contribution >= 4 is 17.3 Å². The molecule has 19 heavy (non-hydrogen) atoms. The number of benzene rings is 1. The molecule has 1 aromatic carbocycles. The van der Waals surface area contributed by atoms with Crippen LogP contribution in [0.2, 0.25) is 0 Å². The molecule has 1 aliphatic rings. The predicted octanol–water partition coefficient (Wildman–Crippen LogP) is 1.84. The van der Waals surface area contributed by atoms with Crippen molar-refractivity contribution in [1.29, 1.82) is 0 Å². The van der Waals surface area contributed by atoms with Gasteiger partial charge in [-0.2, -0.15) is 0 Å². The van der Waals surface area contributed by atoms with Gasteiger partial charge in [-0.1, -0.05) is 12.1 Å². The van der Waals surface area contributed by atoms with Gasteiger partial charge in [-0.3, -0.25) is 4.90 Å². The molecule has 0 radical (unpaired) electrons. The zero-order valence-corrected chi connectivity index (χ0v) is 12.0. The van der Waals surface area contributed by atoms with E-state index in [9.17, 15) is 4.39 Å². The first kappa shape index (κ1) is 14.2. The lowest BCUT2D eigenvalue weighted by Gasteiger charge is -2.36. The van der Waals surface area contributed by atoms with Crippen LogP contribution in [0.1, 0.15) is 12.5 Å². The van der Waals surface area contributed by atoms with Crippen molar-refractivity contribution in [1.82, 2.24) is 15.1 Å². The molecule has 1 heterocycles. The van der Waals surface area contributed by atoms with Gasteiger partial charge in [0.1, 0.15) is 5.82 Å². The van der Waals surface area contributed by atoms with E-state index in [4.69, 9.17) is 12.2 Å². The highest BCUT2D eigenvalue weighted by Crippen LogP contribution is 2.09. The Hall–Kier alpha value is -1.20. The second kappa shape index (κ2) is 6.82. The number of thiocarbonyl (C=S) groups is 1. The first-order chi connectivity index (χ1) is 9.19. The number of nitrogens with zero attached hydrogens (tertiary/aromatic N) is 2. The summed E-state index contributed by atoms with van der Waals surface area (Å²) in [5.41, 5.74) is 1.16. The zero-order valence-electron chi connectivity index (χ0n) is 11.2. The van der Waals surface area contributed by atoms with Crippen LogP contribution in [-0.2, 0) is 6.54 Å². The molecule has 104 valence electrons. The van der Waals surface area contributed by atoms with E-state index in [1.54, 1.807) is 0 Å². The van der Waals surface area contributed by atoms with Gasteiger partial charge in [0.15, 0.2) is 5.11 Å². The minimum Gasteiger partial charge on any atom is -0.363 e. The highest BCUT2D eigenvalue weighted by molar-refractivity contribution is 7.80. The normalized spacial score (nSPS) is 16.4. The Labute approximate surface area is 119 Å². The highest BCUT2D eigenvalue weighted by Gasteiger charge is 2.18. The van der Waals surface area contributed by atoms with Gasteiger partial charge < -0.3 is 10.2 Å². The van der Waals surface area contributed by atoms with Crippen molar-refractivity contribution in [2.24, 2.45) is 0 Å². The number of hydrogen-bond acceptors (Lipinski definition) is 2. The van der Waals surface area contributed by atoms with Crippen molar-refractivity contribution in [2.75, 3.05) is 32.7 Å². The Morgan fingerprint density at radius 3 is 2.42 bits per heavy atom. The summed E-state index contributed by atoms with van der Waals surface area (Å²) in [5, 5.41) is 4.03. The molecule has 0 unspecified atom stereocenters. The van der Waals surface area contributed by atoms with Crippen LogP contribution >= 0.6 is 12.2 Å². The second-order valence-electron chi connectivity index (χ2n) is 4.73. The second-order valence-corrected chi connectivity index (χ2v) is 5.11. The topological polar surface area (TPSA) is 18.5 Å². The molecule has 5 heteroatoms. The van der Waals surface area contributed by atoms with E-state index in [2.05, 4.69) is 22.0 Å². The maximum Gasteiger partial charge on any atom is 0.169 e. The third kappa shape index (κ3) is 4.14. The largest absolute Gasteiger partial charge is 0.363 e. The molecule has 1 N–H and O–H groups in total. The van der Waals surface area contributed by atoms with Crippen LogP contribution in [0.4, 0.5) is 4.39 Å². The quantitative estimate of drug-likeness (QED) is 0.852. The molecular weight excluding hydrogens is 261 g/mol. The number of rotatable bonds is 3.